The third-order valence-corrected chi connectivity index (χ3v) is 4.84. The maximum Gasteiger partial charge on any atom is 0.251 e. The van der Waals surface area contributed by atoms with E-state index in [4.69, 9.17) is 0 Å². The van der Waals surface area contributed by atoms with E-state index in [9.17, 15) is 9.59 Å². The normalized spacial score (nSPS) is 10.6. The van der Waals surface area contributed by atoms with Crippen LogP contribution in [0.1, 0.15) is 39.3 Å². The van der Waals surface area contributed by atoms with Crippen molar-refractivity contribution < 1.29 is 9.59 Å². The van der Waals surface area contributed by atoms with Gasteiger partial charge in [-0.1, -0.05) is 48.5 Å². The minimum atomic E-state index is -0.174. The molecule has 0 radical (unpaired) electrons. The fourth-order valence-corrected chi connectivity index (χ4v) is 3.16. The van der Waals surface area contributed by atoms with Crippen LogP contribution in [0.5, 0.6) is 0 Å². The predicted molar refractivity (Wildman–Crippen MR) is 112 cm³/mol. The van der Waals surface area contributed by atoms with Gasteiger partial charge in [-0.05, 0) is 31.5 Å². The molecule has 2 N–H and O–H groups in total. The molecule has 0 atom stereocenters. The average molecular weight is 390 g/mol. The van der Waals surface area contributed by atoms with Crippen LogP contribution < -0.4 is 10.6 Å². The summed E-state index contributed by atoms with van der Waals surface area (Å²) >= 11 is 0. The van der Waals surface area contributed by atoms with Crippen molar-refractivity contribution in [1.82, 2.24) is 20.4 Å². The van der Waals surface area contributed by atoms with Gasteiger partial charge in [0.2, 0.25) is 5.91 Å². The smallest absolute Gasteiger partial charge is 0.251 e. The van der Waals surface area contributed by atoms with Crippen LogP contribution in [0.25, 0.3) is 0 Å². The Morgan fingerprint density at radius 2 is 1.59 bits per heavy atom. The summed E-state index contributed by atoms with van der Waals surface area (Å²) in [4.78, 5) is 24.2. The Balaban J connectivity index is 1.48. The number of benzene rings is 2. The predicted octanol–water partition coefficient (Wildman–Crippen LogP) is 2.98. The Labute approximate surface area is 170 Å². The van der Waals surface area contributed by atoms with Crippen molar-refractivity contribution in [2.75, 3.05) is 6.54 Å². The molecule has 2 aromatic carbocycles. The Bertz CT molecular complexity index is 965. The van der Waals surface area contributed by atoms with Crippen LogP contribution in [-0.2, 0) is 17.9 Å². The molecular weight excluding hydrogens is 364 g/mol. The molecule has 1 heterocycles. The second-order valence-electron chi connectivity index (χ2n) is 6.94. The molecule has 0 saturated heterocycles. The lowest BCUT2D eigenvalue weighted by Crippen LogP contribution is -2.30. The zero-order valence-corrected chi connectivity index (χ0v) is 16.8. The first-order valence-electron chi connectivity index (χ1n) is 9.71. The first-order valence-corrected chi connectivity index (χ1v) is 9.71. The van der Waals surface area contributed by atoms with Gasteiger partial charge in [-0.2, -0.15) is 5.10 Å². The van der Waals surface area contributed by atoms with Gasteiger partial charge in [-0.25, -0.2) is 0 Å². The lowest BCUT2D eigenvalue weighted by atomic mass is 10.2. The highest BCUT2D eigenvalue weighted by Gasteiger charge is 2.13. The summed E-state index contributed by atoms with van der Waals surface area (Å²) in [5.74, 6) is -0.278. The van der Waals surface area contributed by atoms with Crippen molar-refractivity contribution in [2.45, 2.75) is 33.4 Å². The Kier molecular flexibility index (Phi) is 6.79. The zero-order valence-electron chi connectivity index (χ0n) is 16.8. The van der Waals surface area contributed by atoms with Crippen LogP contribution in [0.4, 0.5) is 0 Å². The molecule has 0 aliphatic heterocycles. The topological polar surface area (TPSA) is 76.0 Å². The minimum Gasteiger partial charge on any atom is -0.352 e. The molecule has 6 heteroatoms. The van der Waals surface area contributed by atoms with Crippen molar-refractivity contribution in [1.29, 1.82) is 0 Å². The van der Waals surface area contributed by atoms with E-state index in [2.05, 4.69) is 27.9 Å². The van der Waals surface area contributed by atoms with Gasteiger partial charge >= 0.3 is 0 Å². The van der Waals surface area contributed by atoms with E-state index < -0.39 is 0 Å². The summed E-state index contributed by atoms with van der Waals surface area (Å²) in [6.45, 7) is 5.40. The molecule has 0 unspecified atom stereocenters. The van der Waals surface area contributed by atoms with Gasteiger partial charge in [0.25, 0.3) is 5.91 Å². The molecule has 3 rings (SSSR count). The van der Waals surface area contributed by atoms with Crippen molar-refractivity contribution >= 4 is 11.8 Å². The summed E-state index contributed by atoms with van der Waals surface area (Å²) in [7, 11) is 0. The van der Waals surface area contributed by atoms with Crippen molar-refractivity contribution in [2.24, 2.45) is 0 Å². The lowest BCUT2D eigenvalue weighted by Gasteiger charge is -2.08. The van der Waals surface area contributed by atoms with E-state index in [0.29, 0.717) is 25.2 Å². The number of rotatable bonds is 8. The Hall–Kier alpha value is -3.41. The van der Waals surface area contributed by atoms with Crippen LogP contribution in [0, 0.1) is 13.8 Å². The maximum absolute atomic E-state index is 12.2. The number of carbonyl (C=O) groups is 2. The second kappa shape index (κ2) is 9.68. The number of nitrogens with zero attached hydrogens (tertiary/aromatic N) is 2. The molecular formula is C23H26N4O2. The fraction of sp³-hybridized carbons (Fsp3) is 0.261. The van der Waals surface area contributed by atoms with Gasteiger partial charge in [0.15, 0.2) is 0 Å². The van der Waals surface area contributed by atoms with E-state index in [1.165, 1.54) is 5.56 Å². The SMILES string of the molecule is Cc1nn(Cc2ccccc2)c(C)c1CNC(=O)CCNC(=O)c1ccccc1. The van der Waals surface area contributed by atoms with E-state index in [0.717, 1.165) is 17.0 Å². The van der Waals surface area contributed by atoms with Crippen molar-refractivity contribution in [3.63, 3.8) is 0 Å². The molecule has 6 nitrogen and oxygen atoms in total. The monoisotopic (exact) mass is 390 g/mol. The number of hydrogen-bond acceptors (Lipinski definition) is 3. The molecule has 2 amide bonds. The minimum absolute atomic E-state index is 0.104. The number of amides is 2. The van der Waals surface area contributed by atoms with E-state index in [1.54, 1.807) is 12.1 Å². The van der Waals surface area contributed by atoms with Gasteiger partial charge in [-0.15, -0.1) is 0 Å². The highest BCUT2D eigenvalue weighted by atomic mass is 16.2. The first-order chi connectivity index (χ1) is 14.0. The molecule has 150 valence electrons. The van der Waals surface area contributed by atoms with Crippen molar-refractivity contribution in [3.05, 3.63) is 88.7 Å². The summed E-state index contributed by atoms with van der Waals surface area (Å²) in [5, 5.41) is 10.3. The van der Waals surface area contributed by atoms with Gasteiger partial charge in [0, 0.05) is 36.3 Å². The summed E-state index contributed by atoms with van der Waals surface area (Å²) < 4.78 is 1.96. The fourth-order valence-electron chi connectivity index (χ4n) is 3.16. The van der Waals surface area contributed by atoms with E-state index >= 15 is 0 Å². The molecule has 3 aromatic rings. The molecule has 0 aliphatic carbocycles. The number of aromatic nitrogens is 2. The van der Waals surface area contributed by atoms with Crippen LogP contribution in [0.15, 0.2) is 60.7 Å². The standard InChI is InChI=1S/C23H26N4O2/c1-17-21(18(2)27(26-17)16-19-9-5-3-6-10-19)15-25-22(28)13-14-24-23(29)20-11-7-4-8-12-20/h3-12H,13-16H2,1-2H3,(H,24,29)(H,25,28). The summed E-state index contributed by atoms with van der Waals surface area (Å²) in [5.41, 5.74) is 4.76. The largest absolute Gasteiger partial charge is 0.352 e. The summed E-state index contributed by atoms with van der Waals surface area (Å²) in [6, 6.07) is 19.1. The van der Waals surface area contributed by atoms with Crippen molar-refractivity contribution in [3.8, 4) is 0 Å². The third kappa shape index (κ3) is 5.54. The summed E-state index contributed by atoms with van der Waals surface area (Å²) in [6.07, 6.45) is 0.231. The molecule has 1 aromatic heterocycles. The highest BCUT2D eigenvalue weighted by molar-refractivity contribution is 5.94. The van der Waals surface area contributed by atoms with Gasteiger partial charge < -0.3 is 10.6 Å². The molecule has 0 fully saturated rings. The zero-order chi connectivity index (χ0) is 20.6. The molecule has 0 aliphatic rings. The molecule has 0 spiro atoms. The van der Waals surface area contributed by atoms with Crippen LogP contribution in [0.2, 0.25) is 0 Å². The van der Waals surface area contributed by atoms with Gasteiger partial charge in [0.1, 0.15) is 0 Å². The van der Waals surface area contributed by atoms with Crippen LogP contribution in [0.3, 0.4) is 0 Å². The Morgan fingerprint density at radius 3 is 2.28 bits per heavy atom. The first kappa shape index (κ1) is 20.3. The molecule has 0 saturated carbocycles. The number of aryl methyl sites for hydroxylation is 1. The lowest BCUT2D eigenvalue weighted by molar-refractivity contribution is -0.121. The average Bonchev–Trinajstić information content (AvgIpc) is 3.00. The maximum atomic E-state index is 12.2. The highest BCUT2D eigenvalue weighted by Crippen LogP contribution is 2.14. The van der Waals surface area contributed by atoms with Crippen LogP contribution >= 0.6 is 0 Å². The number of nitrogens with one attached hydrogen (secondary N) is 2. The molecule has 0 bridgehead atoms. The van der Waals surface area contributed by atoms with Gasteiger partial charge in [0.05, 0.1) is 12.2 Å². The quantitative estimate of drug-likeness (QED) is 0.621. The van der Waals surface area contributed by atoms with E-state index in [1.807, 2.05) is 54.9 Å². The number of carbonyl (C=O) groups excluding carboxylic acids is 2. The number of hydrogen-bond donors (Lipinski definition) is 2. The van der Waals surface area contributed by atoms with Gasteiger partial charge in [-0.3, -0.25) is 14.3 Å². The van der Waals surface area contributed by atoms with Crippen LogP contribution in [-0.4, -0.2) is 28.1 Å². The third-order valence-electron chi connectivity index (χ3n) is 4.84. The van der Waals surface area contributed by atoms with E-state index in [-0.39, 0.29) is 18.2 Å². The molecule has 29 heavy (non-hydrogen) atoms. The second-order valence-corrected chi connectivity index (χ2v) is 6.94. The Morgan fingerprint density at radius 1 is 0.931 bits per heavy atom.